The average molecular weight is 572 g/mol. The fourth-order valence-corrected chi connectivity index (χ4v) is 5.08. The molecule has 0 saturated carbocycles. The van der Waals surface area contributed by atoms with Gasteiger partial charge in [0.25, 0.3) is 0 Å². The summed E-state index contributed by atoms with van der Waals surface area (Å²) in [6, 6.07) is 13.6. The number of carbonyl (C=O) groups excluding carboxylic acids is 1. The van der Waals surface area contributed by atoms with Crippen LogP contribution in [0, 0.1) is 12.9 Å². The maximum Gasteiger partial charge on any atom is 0.320 e. The summed E-state index contributed by atoms with van der Waals surface area (Å²) in [6.07, 6.45) is 4.23. The molecule has 1 aliphatic heterocycles. The van der Waals surface area contributed by atoms with Crippen molar-refractivity contribution in [3.05, 3.63) is 84.2 Å². The first-order valence-electron chi connectivity index (χ1n) is 13.4. The number of ether oxygens (including phenoxy) is 1. The highest BCUT2D eigenvalue weighted by Crippen LogP contribution is 2.32. The van der Waals surface area contributed by atoms with Crippen molar-refractivity contribution in [2.24, 2.45) is 7.05 Å². The van der Waals surface area contributed by atoms with Gasteiger partial charge in [-0.25, -0.2) is 14.5 Å². The summed E-state index contributed by atoms with van der Waals surface area (Å²) in [6.45, 7) is 3.20. The van der Waals surface area contributed by atoms with Crippen LogP contribution in [0.2, 0.25) is 0 Å². The molecule has 1 saturated heterocycles. The van der Waals surface area contributed by atoms with Gasteiger partial charge in [0.05, 0.1) is 35.7 Å². The third-order valence-electron chi connectivity index (χ3n) is 7.20. The molecule has 0 radical (unpaired) electrons. The van der Waals surface area contributed by atoms with Gasteiger partial charge in [-0.05, 0) is 42.8 Å². The fraction of sp³-hybridized carbons (Fsp3) is 0.276. The monoisotopic (exact) mass is 571 g/mol. The second-order valence-corrected chi connectivity index (χ2v) is 9.99. The number of pyridine rings is 2. The average Bonchev–Trinajstić information content (AvgIpc) is 3.67. The SMILES string of the molecule is COCCN1C[C@@H](NC(=O)Nc2c(C)c(-c3cnc4cnn(C)c4c3)nn2-c2ccccc2)[C@H](c2ccnc(F)c2)O1. The van der Waals surface area contributed by atoms with Crippen molar-refractivity contribution in [1.29, 1.82) is 0 Å². The Kier molecular flexibility index (Phi) is 7.61. The Morgan fingerprint density at radius 2 is 2.00 bits per heavy atom. The number of amides is 2. The number of methoxy groups -OCH3 is 1. The summed E-state index contributed by atoms with van der Waals surface area (Å²) in [7, 11) is 3.46. The van der Waals surface area contributed by atoms with Crippen LogP contribution in [0.5, 0.6) is 0 Å². The highest BCUT2D eigenvalue weighted by Gasteiger charge is 2.37. The van der Waals surface area contributed by atoms with E-state index in [-0.39, 0.29) is 0 Å². The van der Waals surface area contributed by atoms with E-state index in [2.05, 4.69) is 25.7 Å². The molecule has 13 heteroatoms. The first kappa shape index (κ1) is 27.4. The molecule has 2 amide bonds. The predicted molar refractivity (Wildman–Crippen MR) is 153 cm³/mol. The van der Waals surface area contributed by atoms with E-state index in [0.717, 1.165) is 27.8 Å². The summed E-state index contributed by atoms with van der Waals surface area (Å²) < 4.78 is 22.6. The quantitative estimate of drug-likeness (QED) is 0.270. The second-order valence-electron chi connectivity index (χ2n) is 9.99. The normalized spacial score (nSPS) is 17.1. The highest BCUT2D eigenvalue weighted by molar-refractivity contribution is 5.91. The van der Waals surface area contributed by atoms with Crippen molar-refractivity contribution in [2.45, 2.75) is 19.1 Å². The first-order valence-corrected chi connectivity index (χ1v) is 13.4. The molecule has 6 rings (SSSR count). The van der Waals surface area contributed by atoms with Crippen LogP contribution in [0.3, 0.4) is 0 Å². The number of hydrogen-bond acceptors (Lipinski definition) is 8. The van der Waals surface area contributed by atoms with Crippen LogP contribution in [0.15, 0.2) is 67.1 Å². The van der Waals surface area contributed by atoms with Gasteiger partial charge in [0.15, 0.2) is 0 Å². The Labute approximate surface area is 241 Å². The van der Waals surface area contributed by atoms with E-state index in [1.807, 2.05) is 50.4 Å². The number of aryl methyl sites for hydroxylation is 1. The number of carbonyl (C=O) groups is 1. The van der Waals surface area contributed by atoms with Crippen LogP contribution in [-0.4, -0.2) is 73.5 Å². The van der Waals surface area contributed by atoms with E-state index in [9.17, 15) is 9.18 Å². The van der Waals surface area contributed by atoms with Crippen molar-refractivity contribution in [3.8, 4) is 16.9 Å². The largest absolute Gasteiger partial charge is 0.383 e. The zero-order chi connectivity index (χ0) is 29.2. The van der Waals surface area contributed by atoms with Gasteiger partial charge in [-0.1, -0.05) is 18.2 Å². The van der Waals surface area contributed by atoms with Crippen molar-refractivity contribution in [3.63, 3.8) is 0 Å². The summed E-state index contributed by atoms with van der Waals surface area (Å²) in [4.78, 5) is 27.8. The molecule has 1 aromatic carbocycles. The molecule has 0 spiro atoms. The minimum atomic E-state index is -0.622. The van der Waals surface area contributed by atoms with Gasteiger partial charge in [-0.3, -0.25) is 19.8 Å². The van der Waals surface area contributed by atoms with Gasteiger partial charge < -0.3 is 10.1 Å². The van der Waals surface area contributed by atoms with E-state index in [1.165, 1.54) is 12.3 Å². The molecule has 216 valence electrons. The standard InChI is InChI=1S/C29H30FN9O3/c1-18-26(20-13-24-22(32-15-20)16-33-37(24)2)36-39(21-7-5-4-6-8-21)28(18)35-29(40)34-23-17-38(11-12-41-3)42-27(23)19-9-10-31-25(30)14-19/h4-10,13-16,23,27H,11-12,17H2,1-3H3,(H2,34,35,40)/t23-,27+/m1/s1. The summed E-state index contributed by atoms with van der Waals surface area (Å²) in [5.41, 5.74) is 5.21. The number of urea groups is 1. The van der Waals surface area contributed by atoms with Crippen LogP contribution < -0.4 is 10.6 Å². The van der Waals surface area contributed by atoms with Crippen LogP contribution in [0.4, 0.5) is 15.0 Å². The number of benzene rings is 1. The van der Waals surface area contributed by atoms with E-state index < -0.39 is 24.1 Å². The van der Waals surface area contributed by atoms with Crippen LogP contribution in [0.25, 0.3) is 28.0 Å². The van der Waals surface area contributed by atoms with E-state index in [1.54, 1.807) is 40.0 Å². The van der Waals surface area contributed by atoms with Crippen LogP contribution in [0.1, 0.15) is 17.2 Å². The summed E-state index contributed by atoms with van der Waals surface area (Å²) in [5, 5.41) is 16.9. The second kappa shape index (κ2) is 11.6. The molecule has 2 N–H and O–H groups in total. The van der Waals surface area contributed by atoms with Crippen molar-refractivity contribution in [2.75, 3.05) is 32.1 Å². The number of nitrogens with zero attached hydrogens (tertiary/aromatic N) is 7. The van der Waals surface area contributed by atoms with Gasteiger partial charge in [0.2, 0.25) is 5.95 Å². The Morgan fingerprint density at radius 1 is 1.17 bits per heavy atom. The maximum absolute atomic E-state index is 14.0. The maximum atomic E-state index is 14.0. The third-order valence-corrected chi connectivity index (χ3v) is 7.20. The molecular formula is C29H30FN9O3. The smallest absolute Gasteiger partial charge is 0.320 e. The molecule has 12 nitrogen and oxygen atoms in total. The lowest BCUT2D eigenvalue weighted by Gasteiger charge is -2.19. The van der Waals surface area contributed by atoms with Crippen molar-refractivity contribution >= 4 is 22.9 Å². The lowest BCUT2D eigenvalue weighted by atomic mass is 10.0. The Hall–Kier alpha value is -4.72. The molecule has 4 aromatic heterocycles. The van der Waals surface area contributed by atoms with E-state index in [0.29, 0.717) is 36.8 Å². The topological polar surface area (TPSA) is 124 Å². The van der Waals surface area contributed by atoms with Crippen molar-refractivity contribution in [1.82, 2.24) is 39.9 Å². The Bertz CT molecular complexity index is 1720. The molecule has 0 aliphatic carbocycles. The van der Waals surface area contributed by atoms with Gasteiger partial charge >= 0.3 is 6.03 Å². The van der Waals surface area contributed by atoms with Gasteiger partial charge in [0, 0.05) is 50.8 Å². The van der Waals surface area contributed by atoms with E-state index >= 15 is 0 Å². The number of fused-ring (bicyclic) bond motifs is 1. The molecule has 0 bridgehead atoms. The van der Waals surface area contributed by atoms with Gasteiger partial charge in [-0.2, -0.15) is 19.7 Å². The number of para-hydroxylation sites is 1. The number of halogens is 1. The number of aromatic nitrogens is 6. The summed E-state index contributed by atoms with van der Waals surface area (Å²) >= 11 is 0. The molecule has 1 aliphatic rings. The zero-order valence-electron chi connectivity index (χ0n) is 23.4. The number of rotatable bonds is 8. The number of hydrogen-bond donors (Lipinski definition) is 2. The molecule has 0 unspecified atom stereocenters. The Morgan fingerprint density at radius 3 is 2.79 bits per heavy atom. The minimum Gasteiger partial charge on any atom is -0.383 e. The minimum absolute atomic E-state index is 0.379. The fourth-order valence-electron chi connectivity index (χ4n) is 5.08. The predicted octanol–water partition coefficient (Wildman–Crippen LogP) is 3.79. The molecular weight excluding hydrogens is 541 g/mol. The number of hydroxylamine groups is 2. The number of anilines is 1. The number of nitrogens with one attached hydrogen (secondary N) is 2. The molecule has 42 heavy (non-hydrogen) atoms. The lowest BCUT2D eigenvalue weighted by Crippen LogP contribution is -2.42. The van der Waals surface area contributed by atoms with Crippen LogP contribution >= 0.6 is 0 Å². The van der Waals surface area contributed by atoms with E-state index in [4.69, 9.17) is 14.7 Å². The van der Waals surface area contributed by atoms with Gasteiger partial charge in [-0.15, -0.1) is 0 Å². The molecule has 5 aromatic rings. The lowest BCUT2D eigenvalue weighted by molar-refractivity contribution is -0.154. The zero-order valence-corrected chi connectivity index (χ0v) is 23.4. The molecule has 1 fully saturated rings. The van der Waals surface area contributed by atoms with Gasteiger partial charge in [0.1, 0.15) is 17.4 Å². The Balaban J connectivity index is 1.31. The van der Waals surface area contributed by atoms with Crippen LogP contribution in [-0.2, 0) is 16.6 Å². The first-order chi connectivity index (χ1) is 20.4. The van der Waals surface area contributed by atoms with Crippen molar-refractivity contribution < 1.29 is 18.8 Å². The molecule has 2 atom stereocenters. The summed E-state index contributed by atoms with van der Waals surface area (Å²) in [5.74, 6) is -0.121. The highest BCUT2D eigenvalue weighted by atomic mass is 19.1. The molecule has 5 heterocycles. The third kappa shape index (κ3) is 5.44.